The molecule has 18 heavy (non-hydrogen) atoms. The molecule has 0 saturated heterocycles. The van der Waals surface area contributed by atoms with Crippen LogP contribution in [0.15, 0.2) is 24.3 Å². The molecule has 1 N–H and O–H groups in total. The Hall–Kier alpha value is -1.42. The molecule has 0 aliphatic carbocycles. The summed E-state index contributed by atoms with van der Waals surface area (Å²) in [4.78, 5) is 14.0. The van der Waals surface area contributed by atoms with Gasteiger partial charge in [0.25, 0.3) is 0 Å². The van der Waals surface area contributed by atoms with Gasteiger partial charge >= 0.3 is 0 Å². The molecule has 100 valence electrons. The fraction of sp³-hybridized carbons (Fsp3) is 0.500. The van der Waals surface area contributed by atoms with Crippen LogP contribution in [-0.4, -0.2) is 38.0 Å². The van der Waals surface area contributed by atoms with Crippen molar-refractivity contribution in [3.8, 4) is 0 Å². The molecule has 0 fully saturated rings. The normalized spacial score (nSPS) is 11.4. The molecule has 1 aromatic rings. The van der Waals surface area contributed by atoms with Gasteiger partial charge in [-0.2, -0.15) is 0 Å². The Morgan fingerprint density at radius 2 is 2.11 bits per heavy atom. The first-order valence-electron chi connectivity index (χ1n) is 6.06. The number of carbonyl (C=O) groups excluding carboxylic acids is 1. The summed E-state index contributed by atoms with van der Waals surface area (Å²) in [5.74, 6) is -0.324. The molecule has 1 rings (SSSR count). The Morgan fingerprint density at radius 1 is 1.44 bits per heavy atom. The summed E-state index contributed by atoms with van der Waals surface area (Å²) in [7, 11) is 3.61. The van der Waals surface area contributed by atoms with E-state index >= 15 is 0 Å². The summed E-state index contributed by atoms with van der Waals surface area (Å²) >= 11 is 0. The topological polar surface area (TPSA) is 32.3 Å². The van der Waals surface area contributed by atoms with E-state index in [2.05, 4.69) is 5.32 Å². The molecule has 0 heterocycles. The molecule has 1 aromatic carbocycles. The molecule has 0 radical (unpaired) electrons. The number of nitrogens with zero attached hydrogens (tertiary/aromatic N) is 1. The molecule has 1 amide bonds. The number of likely N-dealkylation sites (N-methyl/N-ethyl adjacent to an activating group) is 2. The number of hydrogen-bond acceptors (Lipinski definition) is 2. The lowest BCUT2D eigenvalue weighted by molar-refractivity contribution is -0.134. The van der Waals surface area contributed by atoms with Crippen LogP contribution in [0, 0.1) is 5.82 Å². The second-order valence-electron chi connectivity index (χ2n) is 4.97. The minimum absolute atomic E-state index is 0.0108. The van der Waals surface area contributed by atoms with Crippen LogP contribution in [0.3, 0.4) is 0 Å². The molecule has 0 spiro atoms. The van der Waals surface area contributed by atoms with Crippen LogP contribution in [0.4, 0.5) is 4.39 Å². The maximum absolute atomic E-state index is 13.2. The van der Waals surface area contributed by atoms with Crippen molar-refractivity contribution in [2.75, 3.05) is 27.2 Å². The fourth-order valence-corrected chi connectivity index (χ4v) is 1.86. The van der Waals surface area contributed by atoms with E-state index in [0.717, 1.165) is 6.54 Å². The van der Waals surface area contributed by atoms with E-state index < -0.39 is 5.41 Å². The van der Waals surface area contributed by atoms with Gasteiger partial charge < -0.3 is 10.2 Å². The summed E-state index contributed by atoms with van der Waals surface area (Å²) < 4.78 is 13.2. The van der Waals surface area contributed by atoms with Crippen molar-refractivity contribution in [2.24, 2.45) is 0 Å². The average molecular weight is 252 g/mol. The second kappa shape index (κ2) is 5.96. The zero-order valence-corrected chi connectivity index (χ0v) is 11.5. The Kier molecular flexibility index (Phi) is 4.84. The molecule has 0 aliphatic heterocycles. The minimum atomic E-state index is -0.718. The number of rotatable bonds is 5. The van der Waals surface area contributed by atoms with Gasteiger partial charge in [-0.1, -0.05) is 12.1 Å². The third-order valence-corrected chi connectivity index (χ3v) is 3.12. The lowest BCUT2D eigenvalue weighted by Crippen LogP contribution is -2.43. The summed E-state index contributed by atoms with van der Waals surface area (Å²) in [6, 6.07) is 6.22. The standard InChI is InChI=1S/C14H21FN2O/c1-14(2,11-6-5-7-12(15)10-11)13(18)17(4)9-8-16-3/h5-7,10,16H,8-9H2,1-4H3. The van der Waals surface area contributed by atoms with Crippen LogP contribution in [0.25, 0.3) is 0 Å². The predicted molar refractivity (Wildman–Crippen MR) is 71.0 cm³/mol. The highest BCUT2D eigenvalue weighted by Crippen LogP contribution is 2.25. The van der Waals surface area contributed by atoms with E-state index in [9.17, 15) is 9.18 Å². The Bertz CT molecular complexity index is 418. The maximum atomic E-state index is 13.2. The van der Waals surface area contributed by atoms with Gasteiger partial charge in [0.05, 0.1) is 5.41 Å². The highest BCUT2D eigenvalue weighted by Gasteiger charge is 2.32. The fourth-order valence-electron chi connectivity index (χ4n) is 1.86. The number of nitrogens with one attached hydrogen (secondary N) is 1. The monoisotopic (exact) mass is 252 g/mol. The SMILES string of the molecule is CNCCN(C)C(=O)C(C)(C)c1cccc(F)c1. The van der Waals surface area contributed by atoms with Crippen molar-refractivity contribution in [2.45, 2.75) is 19.3 Å². The van der Waals surface area contributed by atoms with Crippen LogP contribution in [0.5, 0.6) is 0 Å². The van der Waals surface area contributed by atoms with Gasteiger partial charge in [0.1, 0.15) is 5.82 Å². The van der Waals surface area contributed by atoms with Crippen molar-refractivity contribution in [3.63, 3.8) is 0 Å². The average Bonchev–Trinajstić information content (AvgIpc) is 2.34. The first kappa shape index (κ1) is 14.6. The van der Waals surface area contributed by atoms with Crippen molar-refractivity contribution in [1.29, 1.82) is 0 Å². The van der Waals surface area contributed by atoms with Gasteiger partial charge in [0, 0.05) is 20.1 Å². The van der Waals surface area contributed by atoms with Crippen molar-refractivity contribution in [3.05, 3.63) is 35.6 Å². The quantitative estimate of drug-likeness (QED) is 0.866. The third kappa shape index (κ3) is 3.29. The van der Waals surface area contributed by atoms with Gasteiger partial charge in [-0.05, 0) is 38.6 Å². The molecular formula is C14H21FN2O. The van der Waals surface area contributed by atoms with E-state index in [0.29, 0.717) is 12.1 Å². The number of halogens is 1. The first-order valence-corrected chi connectivity index (χ1v) is 6.06. The van der Waals surface area contributed by atoms with Gasteiger partial charge in [-0.3, -0.25) is 4.79 Å². The molecule has 0 aromatic heterocycles. The van der Waals surface area contributed by atoms with Gasteiger partial charge in [-0.15, -0.1) is 0 Å². The molecular weight excluding hydrogens is 231 g/mol. The van der Waals surface area contributed by atoms with Crippen LogP contribution in [0.1, 0.15) is 19.4 Å². The Balaban J connectivity index is 2.88. The second-order valence-corrected chi connectivity index (χ2v) is 4.97. The molecule has 0 atom stereocenters. The smallest absolute Gasteiger partial charge is 0.232 e. The van der Waals surface area contributed by atoms with E-state index in [1.54, 1.807) is 24.1 Å². The van der Waals surface area contributed by atoms with Gasteiger partial charge in [0.15, 0.2) is 0 Å². The lowest BCUT2D eigenvalue weighted by atomic mass is 9.83. The molecule has 0 aliphatic rings. The van der Waals surface area contributed by atoms with Crippen LogP contribution >= 0.6 is 0 Å². The van der Waals surface area contributed by atoms with Gasteiger partial charge in [-0.25, -0.2) is 4.39 Å². The van der Waals surface area contributed by atoms with Crippen LogP contribution < -0.4 is 5.32 Å². The number of carbonyl (C=O) groups is 1. The molecule has 0 saturated carbocycles. The summed E-state index contributed by atoms with van der Waals surface area (Å²) in [5.41, 5.74) is -0.0197. The minimum Gasteiger partial charge on any atom is -0.344 e. The highest BCUT2D eigenvalue weighted by atomic mass is 19.1. The van der Waals surface area contributed by atoms with Crippen molar-refractivity contribution >= 4 is 5.91 Å². The van der Waals surface area contributed by atoms with Crippen molar-refractivity contribution < 1.29 is 9.18 Å². The number of hydrogen-bond donors (Lipinski definition) is 1. The Morgan fingerprint density at radius 3 is 2.67 bits per heavy atom. The van der Waals surface area contributed by atoms with Gasteiger partial charge in [0.2, 0.25) is 5.91 Å². The molecule has 0 bridgehead atoms. The molecule has 0 unspecified atom stereocenters. The maximum Gasteiger partial charge on any atom is 0.232 e. The number of benzene rings is 1. The zero-order valence-electron chi connectivity index (χ0n) is 11.5. The van der Waals surface area contributed by atoms with Crippen LogP contribution in [0.2, 0.25) is 0 Å². The molecule has 3 nitrogen and oxygen atoms in total. The molecule has 4 heteroatoms. The van der Waals surface area contributed by atoms with E-state index in [1.807, 2.05) is 20.9 Å². The summed E-state index contributed by atoms with van der Waals surface area (Å²) in [6.45, 7) is 5.01. The highest BCUT2D eigenvalue weighted by molar-refractivity contribution is 5.87. The van der Waals surface area contributed by atoms with E-state index in [4.69, 9.17) is 0 Å². The first-order chi connectivity index (χ1) is 8.39. The lowest BCUT2D eigenvalue weighted by Gasteiger charge is -2.29. The predicted octanol–water partition coefficient (Wildman–Crippen LogP) is 1.78. The number of amides is 1. The van der Waals surface area contributed by atoms with Crippen molar-refractivity contribution in [1.82, 2.24) is 10.2 Å². The van der Waals surface area contributed by atoms with E-state index in [-0.39, 0.29) is 11.7 Å². The summed E-state index contributed by atoms with van der Waals surface area (Å²) in [5, 5.41) is 3.00. The van der Waals surface area contributed by atoms with Crippen LogP contribution in [-0.2, 0) is 10.2 Å². The zero-order chi connectivity index (χ0) is 13.8. The summed E-state index contributed by atoms with van der Waals surface area (Å²) in [6.07, 6.45) is 0. The Labute approximate surface area is 108 Å². The third-order valence-electron chi connectivity index (χ3n) is 3.12. The largest absolute Gasteiger partial charge is 0.344 e. The van der Waals surface area contributed by atoms with E-state index in [1.165, 1.54) is 12.1 Å².